The molecule has 1 aliphatic carbocycles. The summed E-state index contributed by atoms with van der Waals surface area (Å²) < 4.78 is 5.98. The monoisotopic (exact) mass is 406 g/mol. The summed E-state index contributed by atoms with van der Waals surface area (Å²) in [6.45, 7) is 0.678. The molecule has 2 aliphatic rings. The Morgan fingerprint density at radius 3 is 2.90 bits per heavy atom. The summed E-state index contributed by atoms with van der Waals surface area (Å²) >= 11 is 1.63. The lowest BCUT2D eigenvalue weighted by atomic mass is 10.1. The number of pyridine rings is 2. The average Bonchev–Trinajstić information content (AvgIpc) is 3.40. The van der Waals surface area contributed by atoms with Gasteiger partial charge in [0.15, 0.2) is 0 Å². The number of ether oxygens (including phenoxy) is 1. The second-order valence-corrected chi connectivity index (χ2v) is 8.42. The lowest BCUT2D eigenvalue weighted by molar-refractivity contribution is 0.416. The van der Waals surface area contributed by atoms with Crippen LogP contribution in [0.3, 0.4) is 0 Å². The van der Waals surface area contributed by atoms with Crippen LogP contribution < -0.4 is 15.0 Å². The van der Waals surface area contributed by atoms with E-state index in [1.165, 1.54) is 25.7 Å². The highest BCUT2D eigenvalue weighted by atomic mass is 32.1. The van der Waals surface area contributed by atoms with Crippen LogP contribution >= 0.6 is 11.3 Å². The van der Waals surface area contributed by atoms with Crippen molar-refractivity contribution in [1.82, 2.24) is 20.2 Å². The summed E-state index contributed by atoms with van der Waals surface area (Å²) in [5.41, 5.74) is 1.93. The Bertz CT molecular complexity index is 1030. The van der Waals surface area contributed by atoms with E-state index in [4.69, 9.17) is 9.72 Å². The Labute approximate surface area is 173 Å². The highest BCUT2D eigenvalue weighted by Crippen LogP contribution is 2.37. The van der Waals surface area contributed by atoms with Crippen molar-refractivity contribution in [2.75, 3.05) is 23.8 Å². The van der Waals surface area contributed by atoms with E-state index in [9.17, 15) is 0 Å². The maximum Gasteiger partial charge on any atom is 0.211 e. The molecule has 4 heterocycles. The van der Waals surface area contributed by atoms with Crippen molar-refractivity contribution in [2.24, 2.45) is 0 Å². The summed E-state index contributed by atoms with van der Waals surface area (Å²) in [5, 5.41) is 13.9. The first-order valence-electron chi connectivity index (χ1n) is 9.86. The predicted molar refractivity (Wildman–Crippen MR) is 115 cm³/mol. The Morgan fingerprint density at radius 1 is 1.17 bits per heavy atom. The molecule has 3 aromatic rings. The first-order chi connectivity index (χ1) is 14.2. The van der Waals surface area contributed by atoms with E-state index in [0.717, 1.165) is 38.8 Å². The van der Waals surface area contributed by atoms with Crippen molar-refractivity contribution in [1.29, 1.82) is 0 Å². The molecule has 0 radical (unpaired) electrons. The van der Waals surface area contributed by atoms with Gasteiger partial charge in [-0.2, -0.15) is 0 Å². The van der Waals surface area contributed by atoms with Gasteiger partial charge in [0.25, 0.3) is 0 Å². The van der Waals surface area contributed by atoms with E-state index in [-0.39, 0.29) is 0 Å². The zero-order chi connectivity index (χ0) is 19.6. The normalized spacial score (nSPS) is 16.4. The quantitative estimate of drug-likeness (QED) is 0.663. The lowest BCUT2D eigenvalue weighted by Gasteiger charge is -2.27. The molecule has 0 saturated heterocycles. The van der Waals surface area contributed by atoms with Gasteiger partial charge in [0.2, 0.25) is 5.13 Å². The van der Waals surface area contributed by atoms with Gasteiger partial charge in [-0.25, -0.2) is 4.98 Å². The van der Waals surface area contributed by atoms with Gasteiger partial charge in [-0.3, -0.25) is 4.98 Å². The minimum atomic E-state index is 0.573. The van der Waals surface area contributed by atoms with E-state index in [1.54, 1.807) is 23.7 Å². The molecule has 148 valence electrons. The van der Waals surface area contributed by atoms with Gasteiger partial charge >= 0.3 is 0 Å². The first kappa shape index (κ1) is 18.1. The Kier molecular flexibility index (Phi) is 4.85. The first-order valence-corrected chi connectivity index (χ1v) is 10.7. The molecule has 0 aromatic carbocycles. The van der Waals surface area contributed by atoms with Crippen LogP contribution in [0.4, 0.5) is 16.6 Å². The number of likely N-dealkylation sites (N-methyl/N-ethyl adjacent to an activating group) is 1. The van der Waals surface area contributed by atoms with Crippen LogP contribution in [0.5, 0.6) is 5.75 Å². The molecule has 1 N–H and O–H groups in total. The molecule has 1 fully saturated rings. The fourth-order valence-electron chi connectivity index (χ4n) is 3.84. The molecule has 0 spiro atoms. The molecular weight excluding hydrogens is 384 g/mol. The van der Waals surface area contributed by atoms with E-state index in [0.29, 0.717) is 12.5 Å². The molecule has 1 aliphatic heterocycles. The van der Waals surface area contributed by atoms with Gasteiger partial charge < -0.3 is 15.0 Å². The Balaban J connectivity index is 1.35. The van der Waals surface area contributed by atoms with Gasteiger partial charge in [-0.05, 0) is 37.1 Å². The van der Waals surface area contributed by atoms with Gasteiger partial charge in [0.1, 0.15) is 22.3 Å². The van der Waals surface area contributed by atoms with Crippen LogP contribution in [0.2, 0.25) is 0 Å². The number of nitrogens with one attached hydrogen (secondary N) is 1. The summed E-state index contributed by atoms with van der Waals surface area (Å²) in [6.07, 6.45) is 10.5. The van der Waals surface area contributed by atoms with Crippen molar-refractivity contribution in [3.05, 3.63) is 53.1 Å². The lowest BCUT2D eigenvalue weighted by Crippen LogP contribution is -2.26. The molecule has 0 bridgehead atoms. The summed E-state index contributed by atoms with van der Waals surface area (Å²) in [4.78, 5) is 11.0. The average molecular weight is 407 g/mol. The number of fused-ring (bicyclic) bond motifs is 1. The summed E-state index contributed by atoms with van der Waals surface area (Å²) in [5.74, 6) is 2.88. The Morgan fingerprint density at radius 2 is 2.07 bits per heavy atom. The van der Waals surface area contributed by atoms with E-state index >= 15 is 0 Å². The van der Waals surface area contributed by atoms with Crippen LogP contribution in [0.1, 0.15) is 42.3 Å². The molecular formula is C21H22N6OS. The molecule has 7 nitrogen and oxygen atoms in total. The minimum absolute atomic E-state index is 0.573. The standard InChI is InChI=1S/C21H22N6OS/c1-27-13-16(28-15-7-4-10-22-12-15)11-17-18(27)8-9-19(23-17)24-21-26-25-20(29-21)14-5-2-3-6-14/h4,7-12,14H,2-3,5-6,13H2,1H3,(H,23,24,26). The minimum Gasteiger partial charge on any atom is -0.458 e. The molecule has 29 heavy (non-hydrogen) atoms. The van der Waals surface area contributed by atoms with Crippen LogP contribution in [0, 0.1) is 0 Å². The molecule has 8 heteroatoms. The van der Waals surface area contributed by atoms with Crippen molar-refractivity contribution < 1.29 is 4.74 Å². The fourth-order valence-corrected chi connectivity index (χ4v) is 4.76. The molecule has 3 aromatic heterocycles. The molecule has 0 amide bonds. The maximum absolute atomic E-state index is 5.98. The SMILES string of the molecule is CN1CC(Oc2cccnc2)=Cc2nc(Nc3nnc(C4CCCC4)s3)ccc21. The largest absolute Gasteiger partial charge is 0.458 e. The molecule has 0 atom stereocenters. The highest BCUT2D eigenvalue weighted by Gasteiger charge is 2.22. The number of aromatic nitrogens is 4. The molecule has 0 unspecified atom stereocenters. The van der Waals surface area contributed by atoms with Crippen molar-refractivity contribution in [2.45, 2.75) is 31.6 Å². The maximum atomic E-state index is 5.98. The fraction of sp³-hybridized carbons (Fsp3) is 0.333. The smallest absolute Gasteiger partial charge is 0.211 e. The third-order valence-electron chi connectivity index (χ3n) is 5.27. The number of rotatable bonds is 5. The second kappa shape index (κ2) is 7.79. The zero-order valence-electron chi connectivity index (χ0n) is 16.2. The highest BCUT2D eigenvalue weighted by molar-refractivity contribution is 7.15. The number of hydrogen-bond acceptors (Lipinski definition) is 8. The topological polar surface area (TPSA) is 76.1 Å². The van der Waals surface area contributed by atoms with Crippen LogP contribution in [-0.2, 0) is 0 Å². The van der Waals surface area contributed by atoms with Crippen LogP contribution in [0.15, 0.2) is 42.4 Å². The summed E-state index contributed by atoms with van der Waals surface area (Å²) in [7, 11) is 2.03. The third kappa shape index (κ3) is 3.93. The summed E-state index contributed by atoms with van der Waals surface area (Å²) in [6, 6.07) is 7.80. The van der Waals surface area contributed by atoms with E-state index in [1.807, 2.05) is 31.3 Å². The number of nitrogens with zero attached hydrogens (tertiary/aromatic N) is 5. The molecule has 1 saturated carbocycles. The van der Waals surface area contributed by atoms with Crippen LogP contribution in [-0.4, -0.2) is 33.8 Å². The van der Waals surface area contributed by atoms with Gasteiger partial charge in [-0.15, -0.1) is 10.2 Å². The number of hydrogen-bond donors (Lipinski definition) is 1. The predicted octanol–water partition coefficient (Wildman–Crippen LogP) is 4.60. The van der Waals surface area contributed by atoms with E-state index in [2.05, 4.69) is 31.5 Å². The second-order valence-electron chi connectivity index (χ2n) is 7.41. The van der Waals surface area contributed by atoms with E-state index < -0.39 is 0 Å². The van der Waals surface area contributed by atoms with Gasteiger partial charge in [0, 0.05) is 25.2 Å². The third-order valence-corrected chi connectivity index (χ3v) is 6.27. The number of anilines is 3. The zero-order valence-corrected chi connectivity index (χ0v) is 17.0. The van der Waals surface area contributed by atoms with Crippen molar-refractivity contribution in [3.63, 3.8) is 0 Å². The van der Waals surface area contributed by atoms with Crippen molar-refractivity contribution in [3.8, 4) is 5.75 Å². The van der Waals surface area contributed by atoms with Crippen molar-refractivity contribution >= 4 is 34.0 Å². The van der Waals surface area contributed by atoms with Crippen LogP contribution in [0.25, 0.3) is 6.08 Å². The Hall–Kier alpha value is -3.00. The van der Waals surface area contributed by atoms with Gasteiger partial charge in [0.05, 0.1) is 24.1 Å². The molecule has 5 rings (SSSR count). The van der Waals surface area contributed by atoms with Gasteiger partial charge in [-0.1, -0.05) is 24.2 Å².